The number of nitrogens with one attached hydrogen (secondary N) is 6. The van der Waals surface area contributed by atoms with Gasteiger partial charge in [-0.25, -0.2) is 0 Å². The number of fused-ring (bicyclic) bond motifs is 4. The lowest BCUT2D eigenvalue weighted by molar-refractivity contribution is -0.116. The molecule has 0 spiro atoms. The lowest BCUT2D eigenvalue weighted by atomic mass is 9.77. The van der Waals surface area contributed by atoms with E-state index in [0.29, 0.717) is 127 Å². The number of hydrogen-bond acceptors (Lipinski definition) is 18. The van der Waals surface area contributed by atoms with Crippen molar-refractivity contribution in [1.29, 1.82) is 0 Å². The van der Waals surface area contributed by atoms with Crippen LogP contribution in [0.2, 0.25) is 0 Å². The number of nitrogens with zero attached hydrogens (tertiary/aromatic N) is 2. The third-order valence-electron chi connectivity index (χ3n) is 25.1. The molecule has 0 saturated heterocycles. The normalized spacial score (nSPS) is 15.6. The third kappa shape index (κ3) is 18.6. The third-order valence-corrected chi connectivity index (χ3v) is 25.1. The first-order valence-corrected chi connectivity index (χ1v) is 46.2. The summed E-state index contributed by atoms with van der Waals surface area (Å²) >= 11 is 0. The minimum Gasteiger partial charge on any atom is -0.507 e. The molecule has 24 nitrogen and oxygen atoms in total. The first kappa shape index (κ1) is 93.1. The number of carbonyl (C=O) groups is 6. The van der Waals surface area contributed by atoms with Gasteiger partial charge in [0.1, 0.15) is 57.5 Å². The highest BCUT2D eigenvalue weighted by molar-refractivity contribution is 6.03. The number of anilines is 6. The van der Waals surface area contributed by atoms with Crippen LogP contribution in [0.4, 0.5) is 45.5 Å². The molecule has 0 radical (unpaired) electrons. The number of phenolic OH excluding ortho intramolecular Hbond substituents is 2. The molecule has 0 fully saturated rings. The van der Waals surface area contributed by atoms with Crippen molar-refractivity contribution in [3.05, 3.63) is 199 Å². The molecule has 0 saturated carbocycles. The molecular formula is C108H120N8O16. The van der Waals surface area contributed by atoms with Gasteiger partial charge in [0.2, 0.25) is 35.4 Å². The van der Waals surface area contributed by atoms with Gasteiger partial charge in [0.15, 0.2) is 46.0 Å². The summed E-state index contributed by atoms with van der Waals surface area (Å²) in [5, 5.41) is 43.2. The van der Waals surface area contributed by atoms with Crippen LogP contribution in [0, 0.1) is 0 Å². The molecule has 2 atom stereocenters. The Morgan fingerprint density at radius 3 is 0.621 bits per heavy atom. The van der Waals surface area contributed by atoms with Gasteiger partial charge in [0, 0.05) is 214 Å². The van der Waals surface area contributed by atoms with Crippen LogP contribution in [-0.2, 0) is 50.4 Å². The zero-order chi connectivity index (χ0) is 94.8. The maximum atomic E-state index is 13.9. The van der Waals surface area contributed by atoms with Gasteiger partial charge < -0.3 is 80.0 Å². The van der Waals surface area contributed by atoms with E-state index in [-0.39, 0.29) is 188 Å². The van der Waals surface area contributed by atoms with E-state index in [1.807, 2.05) is 36.4 Å². The summed E-state index contributed by atoms with van der Waals surface area (Å²) < 4.78 is 60.6. The van der Waals surface area contributed by atoms with Crippen LogP contribution in [0.25, 0.3) is 0 Å². The van der Waals surface area contributed by atoms with E-state index in [2.05, 4.69) is 179 Å². The predicted octanol–water partition coefficient (Wildman–Crippen LogP) is 28.0. The van der Waals surface area contributed by atoms with Gasteiger partial charge in [-0.1, -0.05) is 164 Å². The zero-order valence-electron chi connectivity index (χ0n) is 79.6. The summed E-state index contributed by atoms with van der Waals surface area (Å²) in [6, 6.07) is 37.3. The molecule has 24 heteroatoms. The molecule has 8 N–H and O–H groups in total. The average Bonchev–Trinajstić information content (AvgIpc) is 1.52. The van der Waals surface area contributed by atoms with Crippen LogP contribution >= 0.6 is 0 Å². The Bertz CT molecular complexity index is 6050. The predicted molar refractivity (Wildman–Crippen MR) is 520 cm³/mol. The first-order valence-electron chi connectivity index (χ1n) is 46.2. The summed E-state index contributed by atoms with van der Waals surface area (Å²) in [7, 11) is 0. The molecule has 10 aromatic rings. The van der Waals surface area contributed by atoms with Crippen LogP contribution in [-0.4, -0.2) is 58.1 Å². The van der Waals surface area contributed by atoms with Gasteiger partial charge in [-0.05, 0) is 94.9 Å². The van der Waals surface area contributed by atoms with Gasteiger partial charge in [-0.3, -0.25) is 38.8 Å². The van der Waals surface area contributed by atoms with Gasteiger partial charge in [0.25, 0.3) is 0 Å². The topological polar surface area (TPSA) is 314 Å². The van der Waals surface area contributed by atoms with Crippen molar-refractivity contribution >= 4 is 93.4 Å². The second-order valence-corrected chi connectivity index (χ2v) is 38.5. The number of rotatable bonds is 20. The molecule has 132 heavy (non-hydrogen) atoms. The van der Waals surface area contributed by atoms with Crippen LogP contribution in [0.1, 0.15) is 318 Å². The van der Waals surface area contributed by atoms with Crippen LogP contribution in [0.5, 0.6) is 103 Å². The monoisotopic (exact) mass is 1780 g/mol. The Morgan fingerprint density at radius 1 is 0.265 bits per heavy atom. The Labute approximate surface area is 772 Å². The fourth-order valence-electron chi connectivity index (χ4n) is 17.6. The standard InChI is InChI=1S/C108H120N8O16/c1-23-59-63-37-65-60(24-2)67-39-69-62(26-4)70-40-68-61(25-3)66-38-64(59)82-50-84(66)128-92-44-76(112-98(118)28-6)78(114-100(120)30-8)46-94(92)130-86(68)52-88(70)132-96-48-80(116-102(122)32-10)79(115-101(121)31-9)47-95(96)131-87(69)51-85(67)129-93-45-77(113-99(119)29-7)75(111-97(117)27-5)43-91(93)127-83(65)49-81(63)125-89-41-73(109-53-55-33-57(105(11,12)13)35-71(103(55)123)107(17,18)19)74(42-90(89)126-82)110-54-56-34-58(106(14,15)16)36-72(104(56)124)108(20,21)22/h33-54,59-62,123-124H,23-32H2,1-22H3,(H,111,117)(H,112,118)(H,113,119)(H,114,120)(H,115,121)(H,116,122). The molecule has 0 aromatic heterocycles. The number of benzene rings is 10. The summed E-state index contributed by atoms with van der Waals surface area (Å²) in [4.78, 5) is 93.7. The van der Waals surface area contributed by atoms with Gasteiger partial charge >= 0.3 is 0 Å². The second kappa shape index (κ2) is 36.6. The van der Waals surface area contributed by atoms with Crippen molar-refractivity contribution in [2.75, 3.05) is 31.9 Å². The summed E-state index contributed by atoms with van der Waals surface area (Å²) in [5.74, 6) is -0.974. The van der Waals surface area contributed by atoms with Gasteiger partial charge in [-0.15, -0.1) is 0 Å². The minimum atomic E-state index is -0.635. The van der Waals surface area contributed by atoms with Crippen LogP contribution < -0.4 is 69.8 Å². The molecule has 6 amide bonds. The lowest BCUT2D eigenvalue weighted by Gasteiger charge is -2.29. The maximum Gasteiger partial charge on any atom is 0.224 e. The number of aromatic hydroxyl groups is 2. The fourth-order valence-corrected chi connectivity index (χ4v) is 17.6. The molecule has 2 unspecified atom stereocenters. The van der Waals surface area contributed by atoms with E-state index < -0.39 is 34.5 Å². The van der Waals surface area contributed by atoms with Crippen LogP contribution in [0.15, 0.2) is 131 Å². The summed E-state index contributed by atoms with van der Waals surface area (Å²) in [6.45, 7) is 43.8. The number of ether oxygens (including phenoxy) is 8. The molecule has 688 valence electrons. The molecule has 10 aromatic carbocycles. The highest BCUT2D eigenvalue weighted by atomic mass is 16.5. The molecule has 15 rings (SSSR count). The Balaban J connectivity index is 1.11. The molecule has 4 heterocycles. The van der Waals surface area contributed by atoms with E-state index in [1.54, 1.807) is 103 Å². The number of amides is 6. The first-order chi connectivity index (χ1) is 62.7. The van der Waals surface area contributed by atoms with E-state index >= 15 is 0 Å². The second-order valence-electron chi connectivity index (χ2n) is 38.5. The lowest BCUT2D eigenvalue weighted by Crippen LogP contribution is -2.17. The number of phenols is 2. The highest BCUT2D eigenvalue weighted by Gasteiger charge is 2.41. The van der Waals surface area contributed by atoms with Crippen molar-refractivity contribution in [3.8, 4) is 103 Å². The van der Waals surface area contributed by atoms with Gasteiger partial charge in [0.05, 0.1) is 45.5 Å². The zero-order valence-corrected chi connectivity index (χ0v) is 79.6. The van der Waals surface area contributed by atoms with Crippen LogP contribution in [0.3, 0.4) is 0 Å². The van der Waals surface area contributed by atoms with E-state index in [0.717, 1.165) is 22.3 Å². The number of aliphatic imine (C=N–C) groups is 2. The highest BCUT2D eigenvalue weighted by Crippen LogP contribution is 2.62. The van der Waals surface area contributed by atoms with Crippen molar-refractivity contribution in [2.45, 2.75) is 262 Å². The molecule has 4 aliphatic heterocycles. The van der Waals surface area contributed by atoms with Gasteiger partial charge in [-0.2, -0.15) is 0 Å². The van der Waals surface area contributed by atoms with E-state index in [9.17, 15) is 39.0 Å². The smallest absolute Gasteiger partial charge is 0.224 e. The molecule has 8 bridgehead atoms. The Morgan fingerprint density at radius 2 is 0.455 bits per heavy atom. The average molecular weight is 1790 g/mol. The van der Waals surface area contributed by atoms with E-state index in [1.165, 1.54) is 0 Å². The minimum absolute atomic E-state index is 0.0519. The molecular weight excluding hydrogens is 1670 g/mol. The van der Waals surface area contributed by atoms with Crippen molar-refractivity contribution in [2.24, 2.45) is 9.98 Å². The number of carbonyl (C=O) groups excluding carboxylic acids is 6. The number of hydrogen-bond donors (Lipinski definition) is 8. The van der Waals surface area contributed by atoms with Crippen molar-refractivity contribution in [1.82, 2.24) is 0 Å². The summed E-state index contributed by atoms with van der Waals surface area (Å²) in [6.07, 6.45) is 5.48. The fraction of sp³-hybridized carbons (Fsp3) is 0.370. The quantitative estimate of drug-likeness (QED) is 0.0329. The Kier molecular flexibility index (Phi) is 25.8. The Hall–Kier alpha value is -13.6. The molecule has 5 aliphatic rings. The largest absolute Gasteiger partial charge is 0.507 e. The summed E-state index contributed by atoms with van der Waals surface area (Å²) in [5.41, 5.74) is 9.89. The molecule has 1 aliphatic carbocycles. The SMILES string of the molecule is CCC(=O)Nc1cc2c(cc1NC(=O)CC)Oc1cc3c4cc1C(CC)c1cc5c(cc1O2)Oc1cc(N=Cc2cc(C(C)(C)C)cc(C(C)(C)C)c2O)c(N=Cc2cc(C(C)(C)C)cc(C(C)(C)C)c2O)cc1Oc1cc2c(cc1C5CC)C(CC)c1cc(c(cc1Oc1cc(NC(=O)CC)c(NC(=O)CC)cc1O2)Oc1cc(NC(=O)CC)c(NC(=O)CC)cc1O3)C4CC. The maximum absolute atomic E-state index is 13.9. The van der Waals surface area contributed by atoms with Crippen molar-refractivity contribution in [3.63, 3.8) is 0 Å². The van der Waals surface area contributed by atoms with Crippen molar-refractivity contribution < 1.29 is 76.9 Å². The van der Waals surface area contributed by atoms with E-state index in [4.69, 9.17) is 47.9 Å².